The van der Waals surface area contributed by atoms with Crippen LogP contribution in [0.15, 0.2) is 0 Å². The van der Waals surface area contributed by atoms with Crippen LogP contribution in [0.4, 0.5) is 0 Å². The van der Waals surface area contributed by atoms with Crippen molar-refractivity contribution < 1.29 is 14.6 Å². The quantitative estimate of drug-likeness (QED) is 0.531. The maximum absolute atomic E-state index is 10.2. The molecule has 0 aliphatic carbocycles. The number of carboxylic acid groups (broad SMARTS) is 1. The van der Waals surface area contributed by atoms with Gasteiger partial charge in [0.05, 0.1) is 12.5 Å². The highest BCUT2D eigenvalue weighted by Crippen LogP contribution is 1.92. The van der Waals surface area contributed by atoms with Gasteiger partial charge < -0.3 is 15.6 Å². The lowest BCUT2D eigenvalue weighted by Crippen LogP contribution is -2.27. The van der Waals surface area contributed by atoms with Crippen LogP contribution in [0.25, 0.3) is 0 Å². The van der Waals surface area contributed by atoms with Gasteiger partial charge in [0.15, 0.2) is 0 Å². The van der Waals surface area contributed by atoms with Gasteiger partial charge in [0, 0.05) is 13.7 Å². The molecule has 1 unspecified atom stereocenters. The average molecular weight is 133 g/mol. The molecule has 0 radical (unpaired) electrons. The summed E-state index contributed by atoms with van der Waals surface area (Å²) in [6.07, 6.45) is 0. The van der Waals surface area contributed by atoms with Crippen molar-refractivity contribution in [3.8, 4) is 0 Å². The van der Waals surface area contributed by atoms with Crippen LogP contribution in [-0.4, -0.2) is 31.3 Å². The Morgan fingerprint density at radius 3 is 2.56 bits per heavy atom. The van der Waals surface area contributed by atoms with E-state index in [1.807, 2.05) is 0 Å². The third kappa shape index (κ3) is 3.05. The molecule has 0 aromatic heterocycles. The summed E-state index contributed by atoms with van der Waals surface area (Å²) in [6.45, 7) is 0.314. The molecule has 0 aromatic carbocycles. The fraction of sp³-hybridized carbons (Fsp3) is 0.800. The summed E-state index contributed by atoms with van der Waals surface area (Å²) in [6, 6.07) is 0. The molecule has 0 saturated heterocycles. The minimum absolute atomic E-state index is 0.128. The number of rotatable bonds is 4. The Balaban J connectivity index is 3.54. The molecule has 0 aliphatic rings. The van der Waals surface area contributed by atoms with Crippen LogP contribution < -0.4 is 5.73 Å². The van der Waals surface area contributed by atoms with Crippen LogP contribution >= 0.6 is 0 Å². The number of nitrogens with two attached hydrogens (primary N) is 1. The number of ether oxygens (including phenoxy) is 1. The van der Waals surface area contributed by atoms with Gasteiger partial charge in [-0.05, 0) is 0 Å². The Hall–Kier alpha value is -0.610. The van der Waals surface area contributed by atoms with Crippen LogP contribution in [0.1, 0.15) is 0 Å². The summed E-state index contributed by atoms with van der Waals surface area (Å²) in [7, 11) is 1.45. The highest BCUT2D eigenvalue weighted by Gasteiger charge is 2.13. The van der Waals surface area contributed by atoms with Crippen LogP contribution in [0, 0.1) is 5.92 Å². The van der Waals surface area contributed by atoms with Crippen molar-refractivity contribution in [1.82, 2.24) is 0 Å². The number of carbonyl (C=O) groups is 1. The van der Waals surface area contributed by atoms with Crippen molar-refractivity contribution in [3.05, 3.63) is 0 Å². The second-order valence-corrected chi connectivity index (χ2v) is 1.73. The monoisotopic (exact) mass is 133 g/mol. The van der Waals surface area contributed by atoms with Gasteiger partial charge >= 0.3 is 5.97 Å². The normalized spacial score (nSPS) is 13.1. The first-order valence-corrected chi connectivity index (χ1v) is 2.64. The van der Waals surface area contributed by atoms with Gasteiger partial charge in [-0.15, -0.1) is 0 Å². The standard InChI is InChI=1S/C5H11NO3/c1-9-3-4(2-6)5(7)8/h4H,2-3,6H2,1H3,(H,7,8). The number of carboxylic acids is 1. The van der Waals surface area contributed by atoms with Crippen LogP contribution in [0.5, 0.6) is 0 Å². The predicted molar refractivity (Wildman–Crippen MR) is 32.1 cm³/mol. The van der Waals surface area contributed by atoms with Crippen molar-refractivity contribution in [2.45, 2.75) is 0 Å². The summed E-state index contributed by atoms with van der Waals surface area (Å²) in [4.78, 5) is 10.2. The second kappa shape index (κ2) is 4.29. The Kier molecular flexibility index (Phi) is 4.00. The molecular formula is C5H11NO3. The highest BCUT2D eigenvalue weighted by molar-refractivity contribution is 5.70. The van der Waals surface area contributed by atoms with Gasteiger partial charge in [-0.2, -0.15) is 0 Å². The van der Waals surface area contributed by atoms with Gasteiger partial charge in [-0.3, -0.25) is 4.79 Å². The fourth-order valence-electron chi connectivity index (χ4n) is 0.441. The molecule has 9 heavy (non-hydrogen) atoms. The van der Waals surface area contributed by atoms with Crippen LogP contribution in [0.2, 0.25) is 0 Å². The van der Waals surface area contributed by atoms with Crippen molar-refractivity contribution in [3.63, 3.8) is 0 Å². The molecule has 0 heterocycles. The third-order valence-corrected chi connectivity index (χ3v) is 1.00. The van der Waals surface area contributed by atoms with Gasteiger partial charge in [0.2, 0.25) is 0 Å². The summed E-state index contributed by atoms with van der Waals surface area (Å²) >= 11 is 0. The van der Waals surface area contributed by atoms with Crippen molar-refractivity contribution >= 4 is 5.97 Å². The average Bonchev–Trinajstić information content (AvgIpc) is 1.82. The van der Waals surface area contributed by atoms with Gasteiger partial charge in [-0.1, -0.05) is 0 Å². The number of hydrogen-bond donors (Lipinski definition) is 2. The molecule has 1 atom stereocenters. The van der Waals surface area contributed by atoms with E-state index in [0.717, 1.165) is 0 Å². The Bertz CT molecular complexity index is 94.2. The minimum atomic E-state index is -0.903. The molecule has 0 aliphatic heterocycles. The first-order chi connectivity index (χ1) is 4.22. The van der Waals surface area contributed by atoms with E-state index >= 15 is 0 Å². The fourth-order valence-corrected chi connectivity index (χ4v) is 0.441. The molecule has 4 nitrogen and oxygen atoms in total. The Morgan fingerprint density at radius 2 is 2.44 bits per heavy atom. The van der Waals surface area contributed by atoms with Crippen molar-refractivity contribution in [2.24, 2.45) is 11.7 Å². The van der Waals surface area contributed by atoms with Crippen LogP contribution in [-0.2, 0) is 9.53 Å². The smallest absolute Gasteiger partial charge is 0.310 e. The zero-order valence-electron chi connectivity index (χ0n) is 5.33. The Labute approximate surface area is 53.6 Å². The van der Waals surface area contributed by atoms with Crippen molar-refractivity contribution in [1.29, 1.82) is 0 Å². The molecule has 0 bridgehead atoms. The molecule has 0 rings (SSSR count). The lowest BCUT2D eigenvalue weighted by Gasteiger charge is -2.05. The molecule has 4 heteroatoms. The predicted octanol–water partition coefficient (Wildman–Crippen LogP) is -0.708. The lowest BCUT2D eigenvalue weighted by atomic mass is 10.2. The van der Waals surface area contributed by atoms with Gasteiger partial charge in [-0.25, -0.2) is 0 Å². The van der Waals surface area contributed by atoms with E-state index in [-0.39, 0.29) is 13.2 Å². The van der Waals surface area contributed by atoms with Gasteiger partial charge in [0.1, 0.15) is 0 Å². The van der Waals surface area contributed by atoms with Crippen LogP contribution in [0.3, 0.4) is 0 Å². The number of aliphatic carboxylic acids is 1. The largest absolute Gasteiger partial charge is 0.481 e. The molecule has 0 aromatic rings. The lowest BCUT2D eigenvalue weighted by molar-refractivity contribution is -0.143. The SMILES string of the molecule is COCC(CN)C(=O)O. The zero-order valence-corrected chi connectivity index (χ0v) is 5.33. The van der Waals surface area contributed by atoms with E-state index in [1.165, 1.54) is 7.11 Å². The first kappa shape index (κ1) is 8.39. The number of hydrogen-bond acceptors (Lipinski definition) is 3. The molecule has 0 amide bonds. The van der Waals surface area contributed by atoms with E-state index in [4.69, 9.17) is 10.8 Å². The van der Waals surface area contributed by atoms with E-state index in [9.17, 15) is 4.79 Å². The summed E-state index contributed by atoms with van der Waals surface area (Å²) in [5.41, 5.74) is 5.10. The van der Waals surface area contributed by atoms with Gasteiger partial charge in [0.25, 0.3) is 0 Å². The summed E-state index contributed by atoms with van der Waals surface area (Å²) in [5.74, 6) is -1.46. The second-order valence-electron chi connectivity index (χ2n) is 1.73. The van der Waals surface area contributed by atoms with E-state index < -0.39 is 11.9 Å². The van der Waals surface area contributed by atoms with E-state index in [1.54, 1.807) is 0 Å². The van der Waals surface area contributed by atoms with E-state index in [2.05, 4.69) is 4.74 Å². The zero-order chi connectivity index (χ0) is 7.28. The molecule has 0 fully saturated rings. The highest BCUT2D eigenvalue weighted by atomic mass is 16.5. The summed E-state index contributed by atoms with van der Waals surface area (Å²) in [5, 5.41) is 8.34. The molecule has 54 valence electrons. The first-order valence-electron chi connectivity index (χ1n) is 2.64. The van der Waals surface area contributed by atoms with Crippen molar-refractivity contribution in [2.75, 3.05) is 20.3 Å². The topological polar surface area (TPSA) is 72.5 Å². The summed E-state index contributed by atoms with van der Waals surface area (Å²) < 4.78 is 4.60. The molecule has 0 spiro atoms. The molecule has 0 saturated carbocycles. The molecule has 3 N–H and O–H groups in total. The minimum Gasteiger partial charge on any atom is -0.481 e. The Morgan fingerprint density at radius 1 is 1.89 bits per heavy atom. The maximum Gasteiger partial charge on any atom is 0.310 e. The maximum atomic E-state index is 10.2. The molecular weight excluding hydrogens is 122 g/mol. The third-order valence-electron chi connectivity index (χ3n) is 1.00. The van der Waals surface area contributed by atoms with E-state index in [0.29, 0.717) is 0 Å². The number of methoxy groups -OCH3 is 1.